The van der Waals surface area contributed by atoms with Crippen LogP contribution in [-0.4, -0.2) is 68.5 Å². The zero-order chi connectivity index (χ0) is 24.0. The van der Waals surface area contributed by atoms with Crippen molar-refractivity contribution in [1.82, 2.24) is 33.9 Å². The Hall–Kier alpha value is -2.93. The summed E-state index contributed by atoms with van der Waals surface area (Å²) in [5.41, 5.74) is 3.10. The highest BCUT2D eigenvalue weighted by atomic mass is 35.5. The van der Waals surface area contributed by atoms with E-state index in [1.165, 1.54) is 16.4 Å². The lowest BCUT2D eigenvalue weighted by atomic mass is 10.3. The molecule has 0 spiro atoms. The Balaban J connectivity index is 1.26. The summed E-state index contributed by atoms with van der Waals surface area (Å²) in [5, 5.41) is 8.31. The summed E-state index contributed by atoms with van der Waals surface area (Å²) in [5.74, 6) is 0.0456. The van der Waals surface area contributed by atoms with Gasteiger partial charge in [-0.25, -0.2) is 22.3 Å². The minimum atomic E-state index is -3.81. The SMILES string of the molecule is Cc1cc(C)n2ncc(-c3nc(CN4CCN(S(=O)(=O)c5ccc(Cl)c(F)c5)CC4)no3)c2n1. The van der Waals surface area contributed by atoms with Gasteiger partial charge in [0.2, 0.25) is 10.0 Å². The fraction of sp³-hybridized carbons (Fsp3) is 0.333. The first-order valence-corrected chi connectivity index (χ1v) is 12.4. The highest BCUT2D eigenvalue weighted by Crippen LogP contribution is 2.25. The van der Waals surface area contributed by atoms with Crippen molar-refractivity contribution in [3.8, 4) is 11.5 Å². The van der Waals surface area contributed by atoms with Crippen LogP contribution in [0.4, 0.5) is 4.39 Å². The fourth-order valence-electron chi connectivity index (χ4n) is 3.96. The number of nitrogens with zero attached hydrogens (tertiary/aromatic N) is 7. The molecule has 0 N–H and O–H groups in total. The van der Waals surface area contributed by atoms with Crippen molar-refractivity contribution >= 4 is 27.3 Å². The maximum atomic E-state index is 13.8. The molecule has 34 heavy (non-hydrogen) atoms. The van der Waals surface area contributed by atoms with Crippen LogP contribution < -0.4 is 0 Å². The number of rotatable bonds is 5. The molecular weight excluding hydrogens is 485 g/mol. The first kappa shape index (κ1) is 22.8. The van der Waals surface area contributed by atoms with E-state index in [2.05, 4.69) is 20.2 Å². The van der Waals surface area contributed by atoms with Crippen LogP contribution in [-0.2, 0) is 16.6 Å². The Bertz CT molecular complexity index is 1480. The molecule has 10 nitrogen and oxygen atoms in total. The lowest BCUT2D eigenvalue weighted by Crippen LogP contribution is -2.48. The van der Waals surface area contributed by atoms with Crippen molar-refractivity contribution in [2.75, 3.05) is 26.2 Å². The Morgan fingerprint density at radius 3 is 2.62 bits per heavy atom. The number of benzene rings is 1. The van der Waals surface area contributed by atoms with Gasteiger partial charge in [0.15, 0.2) is 11.5 Å². The van der Waals surface area contributed by atoms with Crippen molar-refractivity contribution in [3.05, 3.63) is 58.5 Å². The number of piperazine rings is 1. The van der Waals surface area contributed by atoms with E-state index in [1.807, 2.05) is 24.8 Å². The molecule has 0 aliphatic carbocycles. The third-order valence-corrected chi connectivity index (χ3v) is 7.90. The van der Waals surface area contributed by atoms with Gasteiger partial charge in [-0.05, 0) is 38.1 Å². The summed E-state index contributed by atoms with van der Waals surface area (Å²) >= 11 is 5.67. The number of hydrogen-bond donors (Lipinski definition) is 0. The second-order valence-corrected chi connectivity index (χ2v) is 10.4. The monoisotopic (exact) mass is 505 g/mol. The molecular formula is C21H21ClFN7O3S. The van der Waals surface area contributed by atoms with E-state index in [-0.39, 0.29) is 23.0 Å². The first-order chi connectivity index (χ1) is 16.2. The molecule has 0 bridgehead atoms. The van der Waals surface area contributed by atoms with E-state index in [0.29, 0.717) is 42.6 Å². The van der Waals surface area contributed by atoms with Crippen LogP contribution >= 0.6 is 11.6 Å². The molecule has 1 saturated heterocycles. The Morgan fingerprint density at radius 1 is 1.12 bits per heavy atom. The molecule has 0 atom stereocenters. The number of hydrogen-bond acceptors (Lipinski definition) is 8. The molecule has 0 saturated carbocycles. The predicted octanol–water partition coefficient (Wildman–Crippen LogP) is 2.70. The zero-order valence-electron chi connectivity index (χ0n) is 18.4. The minimum Gasteiger partial charge on any atom is -0.334 e. The van der Waals surface area contributed by atoms with E-state index < -0.39 is 15.8 Å². The van der Waals surface area contributed by atoms with Gasteiger partial charge in [0.05, 0.1) is 22.7 Å². The summed E-state index contributed by atoms with van der Waals surface area (Å²) in [4.78, 5) is 10.9. The van der Waals surface area contributed by atoms with Gasteiger partial charge in [-0.15, -0.1) is 0 Å². The largest absolute Gasteiger partial charge is 0.334 e. The van der Waals surface area contributed by atoms with E-state index >= 15 is 0 Å². The number of aromatic nitrogens is 5. The van der Waals surface area contributed by atoms with E-state index in [9.17, 15) is 12.8 Å². The summed E-state index contributed by atoms with van der Waals surface area (Å²) < 4.78 is 48.0. The highest BCUT2D eigenvalue weighted by molar-refractivity contribution is 7.89. The standard InChI is InChI=1S/C21H21ClFN7O3S/c1-13-9-14(2)30-20(25-13)16(11-24-30)21-26-19(27-33-21)12-28-5-7-29(8-6-28)34(31,32)15-3-4-17(22)18(23)10-15/h3-4,9-11H,5-8,12H2,1-2H3. The van der Waals surface area contributed by atoms with Crippen LogP contribution in [0.2, 0.25) is 5.02 Å². The van der Waals surface area contributed by atoms with Gasteiger partial charge in [0.25, 0.3) is 5.89 Å². The van der Waals surface area contributed by atoms with Crippen molar-refractivity contribution < 1.29 is 17.3 Å². The van der Waals surface area contributed by atoms with Gasteiger partial charge in [-0.3, -0.25) is 4.90 Å². The third kappa shape index (κ3) is 4.17. The second kappa shape index (κ2) is 8.69. The van der Waals surface area contributed by atoms with Crippen LogP contribution in [0.15, 0.2) is 39.9 Å². The predicted molar refractivity (Wildman–Crippen MR) is 121 cm³/mol. The number of fused-ring (bicyclic) bond motifs is 1. The average Bonchev–Trinajstić information content (AvgIpc) is 3.43. The first-order valence-electron chi connectivity index (χ1n) is 10.5. The van der Waals surface area contributed by atoms with E-state index in [1.54, 1.807) is 10.7 Å². The van der Waals surface area contributed by atoms with Crippen LogP contribution in [0, 0.1) is 19.7 Å². The van der Waals surface area contributed by atoms with Gasteiger partial charge in [0.1, 0.15) is 11.4 Å². The van der Waals surface area contributed by atoms with Crippen LogP contribution in [0.25, 0.3) is 17.1 Å². The molecule has 5 rings (SSSR count). The van der Waals surface area contributed by atoms with Gasteiger partial charge in [-0.2, -0.15) is 14.4 Å². The van der Waals surface area contributed by atoms with Crippen molar-refractivity contribution in [3.63, 3.8) is 0 Å². The molecule has 1 aromatic carbocycles. The smallest absolute Gasteiger partial charge is 0.263 e. The lowest BCUT2D eigenvalue weighted by Gasteiger charge is -2.33. The second-order valence-electron chi connectivity index (χ2n) is 8.10. The van der Waals surface area contributed by atoms with Gasteiger partial charge < -0.3 is 4.52 Å². The molecule has 1 fully saturated rings. The van der Waals surface area contributed by atoms with E-state index in [0.717, 1.165) is 17.5 Å². The Morgan fingerprint density at radius 2 is 1.88 bits per heavy atom. The summed E-state index contributed by atoms with van der Waals surface area (Å²) in [6, 6.07) is 5.44. The molecule has 1 aliphatic heterocycles. The van der Waals surface area contributed by atoms with Crippen LogP contribution in [0.1, 0.15) is 17.2 Å². The maximum Gasteiger partial charge on any atom is 0.263 e. The lowest BCUT2D eigenvalue weighted by molar-refractivity contribution is 0.176. The fourth-order valence-corrected chi connectivity index (χ4v) is 5.52. The highest BCUT2D eigenvalue weighted by Gasteiger charge is 2.29. The van der Waals surface area contributed by atoms with Crippen molar-refractivity contribution in [2.24, 2.45) is 0 Å². The molecule has 178 valence electrons. The molecule has 1 aliphatic rings. The van der Waals surface area contributed by atoms with Gasteiger partial charge in [-0.1, -0.05) is 16.8 Å². The third-order valence-electron chi connectivity index (χ3n) is 5.70. The van der Waals surface area contributed by atoms with Crippen LogP contribution in [0.3, 0.4) is 0 Å². The van der Waals surface area contributed by atoms with Crippen LogP contribution in [0.5, 0.6) is 0 Å². The number of halogens is 2. The number of sulfonamides is 1. The Kier molecular flexibility index (Phi) is 5.84. The quantitative estimate of drug-likeness (QED) is 0.407. The average molecular weight is 506 g/mol. The zero-order valence-corrected chi connectivity index (χ0v) is 20.0. The summed E-state index contributed by atoms with van der Waals surface area (Å²) in [6.07, 6.45) is 1.65. The minimum absolute atomic E-state index is 0.113. The van der Waals surface area contributed by atoms with Gasteiger partial charge in [0, 0.05) is 37.6 Å². The maximum absolute atomic E-state index is 13.8. The normalized spacial score (nSPS) is 15.9. The molecule has 13 heteroatoms. The Labute approximate surface area is 200 Å². The van der Waals surface area contributed by atoms with Gasteiger partial charge >= 0.3 is 0 Å². The summed E-state index contributed by atoms with van der Waals surface area (Å²) in [7, 11) is -3.81. The molecule has 3 aromatic heterocycles. The topological polar surface area (TPSA) is 110 Å². The van der Waals surface area contributed by atoms with E-state index in [4.69, 9.17) is 16.1 Å². The number of aryl methyl sites for hydroxylation is 2. The molecule has 0 radical (unpaired) electrons. The molecule has 0 unspecified atom stereocenters. The molecule has 4 heterocycles. The van der Waals surface area contributed by atoms with Crippen molar-refractivity contribution in [2.45, 2.75) is 25.3 Å². The van der Waals surface area contributed by atoms with Crippen molar-refractivity contribution in [1.29, 1.82) is 0 Å². The summed E-state index contributed by atoms with van der Waals surface area (Å²) in [6.45, 7) is 5.71. The molecule has 4 aromatic rings. The molecule has 0 amide bonds.